The summed E-state index contributed by atoms with van der Waals surface area (Å²) >= 11 is 3.86. The maximum Gasteiger partial charge on any atom is 0.460 e. The molecule has 0 saturated carbocycles. The molecule has 0 aliphatic carbocycles. The first kappa shape index (κ1) is 55.2. The third-order valence-corrected chi connectivity index (χ3v) is 8.26. The van der Waals surface area contributed by atoms with Crippen molar-refractivity contribution in [1.82, 2.24) is 0 Å². The molecule has 57 heavy (non-hydrogen) atoms. The lowest BCUT2D eigenvalue weighted by Gasteiger charge is -2.46. The normalized spacial score (nSPS) is 16.4. The second kappa shape index (κ2) is 15.9. The van der Waals surface area contributed by atoms with Crippen molar-refractivity contribution in [3.63, 3.8) is 0 Å². The average molecular weight is 942 g/mol. The molecule has 0 radical (unpaired) electrons. The fraction of sp³-hybridized carbons (Fsp3) is 1.00. The zero-order chi connectivity index (χ0) is 46.6. The fourth-order valence-corrected chi connectivity index (χ4v) is 4.48. The van der Waals surface area contributed by atoms with Crippen LogP contribution >= 0.6 is 12.6 Å². The lowest BCUT2D eigenvalue weighted by molar-refractivity contribution is -0.489. The van der Waals surface area contributed by atoms with Gasteiger partial charge >= 0.3 is 89.1 Å². The van der Waals surface area contributed by atoms with E-state index in [0.717, 1.165) is 0 Å². The summed E-state index contributed by atoms with van der Waals surface area (Å²) in [6, 6.07) is 0. The molecule has 0 amide bonds. The van der Waals surface area contributed by atoms with Gasteiger partial charge in [-0.15, -0.1) is 0 Å². The van der Waals surface area contributed by atoms with E-state index in [1.165, 1.54) is 0 Å². The van der Waals surface area contributed by atoms with Gasteiger partial charge in [0.15, 0.2) is 0 Å². The van der Waals surface area contributed by atoms with Crippen LogP contribution in [0.2, 0.25) is 0 Å². The molecule has 0 aromatic carbocycles. The van der Waals surface area contributed by atoms with Gasteiger partial charge in [0.1, 0.15) is 0 Å². The number of hydrogen-bond acceptors (Lipinski definition) is 1. The highest BCUT2D eigenvalue weighted by Crippen LogP contribution is 2.69. The maximum absolute atomic E-state index is 14.1. The monoisotopic (exact) mass is 942 g/mol. The van der Waals surface area contributed by atoms with E-state index in [0.29, 0.717) is 31.4 Å². The Balaban J connectivity index is 7.06. The molecule has 0 aromatic heterocycles. The molecule has 0 aromatic rings. The summed E-state index contributed by atoms with van der Waals surface area (Å²) in [4.78, 5) is 0. The molecular formula is C25H21F31S. The minimum absolute atomic E-state index is 0.0917. The predicted octanol–water partition coefficient (Wildman–Crippen LogP) is 13.9. The molecule has 0 spiro atoms. The second-order valence-corrected chi connectivity index (χ2v) is 12.4. The van der Waals surface area contributed by atoms with E-state index in [9.17, 15) is 136 Å². The van der Waals surface area contributed by atoms with Gasteiger partial charge < -0.3 is 0 Å². The van der Waals surface area contributed by atoms with E-state index in [-0.39, 0.29) is 12.8 Å². The van der Waals surface area contributed by atoms with Crippen LogP contribution in [0.1, 0.15) is 57.8 Å². The lowest BCUT2D eigenvalue weighted by Crippen LogP contribution is -2.79. The Bertz CT molecular complexity index is 1330. The quantitative estimate of drug-likeness (QED) is 0.0589. The van der Waals surface area contributed by atoms with E-state index in [1.807, 2.05) is 0 Å². The van der Waals surface area contributed by atoms with E-state index in [1.54, 1.807) is 0 Å². The number of unbranched alkanes of at least 4 members (excludes halogenated alkanes) is 7. The third kappa shape index (κ3) is 7.95. The van der Waals surface area contributed by atoms with Crippen LogP contribution in [0.4, 0.5) is 136 Å². The molecule has 0 nitrogen and oxygen atoms in total. The first-order valence-electron chi connectivity index (χ1n) is 14.5. The van der Waals surface area contributed by atoms with E-state index >= 15 is 0 Å². The first-order valence-corrected chi connectivity index (χ1v) is 15.2. The molecule has 0 bridgehead atoms. The van der Waals surface area contributed by atoms with Crippen LogP contribution in [0, 0.1) is 0 Å². The van der Waals surface area contributed by atoms with Crippen LogP contribution in [-0.2, 0) is 0 Å². The molecule has 0 fully saturated rings. The highest BCUT2D eigenvalue weighted by Gasteiger charge is 3.01. The topological polar surface area (TPSA) is 0 Å². The number of rotatable bonds is 23. The van der Waals surface area contributed by atoms with Crippen LogP contribution in [0.3, 0.4) is 0 Å². The molecule has 0 heterocycles. The second-order valence-electron chi connectivity index (χ2n) is 12.0. The summed E-state index contributed by atoms with van der Waals surface area (Å²) in [5, 5.41) is 0. The number of alkyl halides is 31. The summed E-state index contributed by atoms with van der Waals surface area (Å²) in [7, 11) is 0. The highest BCUT2D eigenvalue weighted by atomic mass is 32.1. The van der Waals surface area contributed by atoms with Crippen LogP contribution in [-0.4, -0.2) is 94.8 Å². The minimum Gasteiger partial charge on any atom is -0.200 e. The van der Waals surface area contributed by atoms with Gasteiger partial charge in [0.2, 0.25) is 0 Å². The van der Waals surface area contributed by atoms with Crippen molar-refractivity contribution in [3.05, 3.63) is 0 Å². The smallest absolute Gasteiger partial charge is 0.200 e. The zero-order valence-electron chi connectivity index (χ0n) is 26.7. The largest absolute Gasteiger partial charge is 0.460 e. The van der Waals surface area contributed by atoms with Gasteiger partial charge in [-0.25, -0.2) is 0 Å². The summed E-state index contributed by atoms with van der Waals surface area (Å²) in [6.07, 6.45) is -11.5. The summed E-state index contributed by atoms with van der Waals surface area (Å²) in [6.45, 7) is 0. The van der Waals surface area contributed by atoms with Gasteiger partial charge in [0.05, 0.1) is 0 Å². The van der Waals surface area contributed by atoms with Crippen LogP contribution in [0.15, 0.2) is 0 Å². The van der Waals surface area contributed by atoms with Crippen LogP contribution in [0.25, 0.3) is 0 Å². The Labute approximate surface area is 302 Å². The Kier molecular flexibility index (Phi) is 15.4. The van der Waals surface area contributed by atoms with Crippen molar-refractivity contribution in [2.45, 2.75) is 147 Å². The number of thiol groups is 1. The third-order valence-electron chi connectivity index (χ3n) is 7.95. The van der Waals surface area contributed by atoms with Crippen molar-refractivity contribution in [2.75, 3.05) is 5.75 Å². The number of hydrogen-bond donors (Lipinski definition) is 1. The molecule has 0 rings (SSSR count). The van der Waals surface area contributed by atoms with E-state index in [2.05, 4.69) is 12.6 Å². The Hall–Kier alpha value is -1.82. The maximum atomic E-state index is 14.1. The average Bonchev–Trinajstić information content (AvgIpc) is 3.02. The molecule has 0 aliphatic heterocycles. The number of halogens is 31. The molecule has 0 unspecified atom stereocenters. The summed E-state index contributed by atoms with van der Waals surface area (Å²) in [5.74, 6) is -130. The van der Waals surface area contributed by atoms with E-state index < -0.39 is 108 Å². The molecule has 344 valence electrons. The Morgan fingerprint density at radius 2 is 0.386 bits per heavy atom. The molecule has 0 saturated heterocycles. The van der Waals surface area contributed by atoms with Crippen molar-refractivity contribution >= 4 is 12.6 Å². The van der Waals surface area contributed by atoms with Crippen molar-refractivity contribution in [3.8, 4) is 0 Å². The van der Waals surface area contributed by atoms with Gasteiger partial charge in [0, 0.05) is 6.42 Å². The van der Waals surface area contributed by atoms with Crippen LogP contribution in [0.5, 0.6) is 0 Å². The molecular weight excluding hydrogens is 921 g/mol. The van der Waals surface area contributed by atoms with Crippen molar-refractivity contribution < 1.29 is 136 Å². The first-order chi connectivity index (χ1) is 24.6. The lowest BCUT2D eigenvalue weighted by atomic mass is 9.83. The van der Waals surface area contributed by atoms with Crippen molar-refractivity contribution in [1.29, 1.82) is 0 Å². The molecule has 0 aliphatic rings. The van der Waals surface area contributed by atoms with Gasteiger partial charge in [-0.2, -0.15) is 149 Å². The van der Waals surface area contributed by atoms with E-state index in [4.69, 9.17) is 0 Å². The highest BCUT2D eigenvalue weighted by molar-refractivity contribution is 7.80. The van der Waals surface area contributed by atoms with Gasteiger partial charge in [-0.3, -0.25) is 0 Å². The molecule has 0 N–H and O–H groups in total. The molecule has 0 atom stereocenters. The Morgan fingerprint density at radius 3 is 0.596 bits per heavy atom. The van der Waals surface area contributed by atoms with Gasteiger partial charge in [0.25, 0.3) is 0 Å². The summed E-state index contributed by atoms with van der Waals surface area (Å²) < 4.78 is 423. The molecule has 32 heteroatoms. The van der Waals surface area contributed by atoms with Gasteiger partial charge in [-0.05, 0) is 18.6 Å². The standard InChI is InChI=1S/C25H21F31S/c26-11(27,9-7-5-3-1-2-4-6-8-10-57)12(28,29)13(30,31)14(32,33)15(34,35)16(36,37)17(38,39)18(40,41)19(42,43)20(44,45)21(46,47)22(48,49)23(50,51)24(52,53)25(54,55)56/h57H,1-10H2. The zero-order valence-corrected chi connectivity index (χ0v) is 27.6. The Morgan fingerprint density at radius 1 is 0.211 bits per heavy atom. The predicted molar refractivity (Wildman–Crippen MR) is 131 cm³/mol. The van der Waals surface area contributed by atoms with Crippen LogP contribution < -0.4 is 0 Å². The van der Waals surface area contributed by atoms with Gasteiger partial charge in [-0.1, -0.05) is 38.5 Å². The van der Waals surface area contributed by atoms with Crippen molar-refractivity contribution in [2.24, 2.45) is 0 Å². The SMILES string of the molecule is FC(F)(F)C(F)(F)C(F)(F)C(F)(F)C(F)(F)C(F)(F)C(F)(F)C(F)(F)C(F)(F)C(F)(F)C(F)(F)C(F)(F)C(F)(F)C(F)(F)C(F)(F)CCCCCCCCCCS. The minimum atomic E-state index is -10.1. The fourth-order valence-electron chi connectivity index (χ4n) is 4.25. The summed E-state index contributed by atoms with van der Waals surface area (Å²) in [5.41, 5.74) is 0.